The maximum atomic E-state index is 13.8. The lowest BCUT2D eigenvalue weighted by Crippen LogP contribution is -2.49. The second-order valence-corrected chi connectivity index (χ2v) is 10.6. The van der Waals surface area contributed by atoms with Crippen LogP contribution in [0.15, 0.2) is 97.1 Å². The molecule has 4 aromatic carbocycles. The van der Waals surface area contributed by atoms with Crippen molar-refractivity contribution in [2.45, 2.75) is 6.54 Å². The first-order chi connectivity index (χ1) is 20.3. The lowest BCUT2D eigenvalue weighted by atomic mass is 10.1. The van der Waals surface area contributed by atoms with Gasteiger partial charge in [-0.3, -0.25) is 14.4 Å². The summed E-state index contributed by atoms with van der Waals surface area (Å²) >= 11 is 5.96. The minimum atomic E-state index is -0.453. The summed E-state index contributed by atoms with van der Waals surface area (Å²) in [4.78, 5) is 45.0. The molecule has 1 heterocycles. The van der Waals surface area contributed by atoms with Gasteiger partial charge >= 0.3 is 0 Å². The molecule has 0 saturated carbocycles. The normalized spacial score (nSPS) is 13.0. The van der Waals surface area contributed by atoms with Crippen LogP contribution in [-0.2, 0) is 6.54 Å². The minimum Gasteiger partial charge on any atom is -0.367 e. The first kappa shape index (κ1) is 28.8. The van der Waals surface area contributed by atoms with Gasteiger partial charge in [0, 0.05) is 67.3 Å². The van der Waals surface area contributed by atoms with Crippen LogP contribution in [0.3, 0.4) is 0 Å². The molecule has 7 nitrogen and oxygen atoms in total. The van der Waals surface area contributed by atoms with Gasteiger partial charge < -0.3 is 20.0 Å². The van der Waals surface area contributed by atoms with Gasteiger partial charge in [-0.2, -0.15) is 0 Å². The highest BCUT2D eigenvalue weighted by Crippen LogP contribution is 2.28. The molecule has 4 aromatic rings. The summed E-state index contributed by atoms with van der Waals surface area (Å²) in [5, 5.41) is 3.41. The highest BCUT2D eigenvalue weighted by molar-refractivity contribution is 6.30. The number of benzene rings is 4. The molecule has 0 aliphatic carbocycles. The molecular weight excluding hydrogens is 555 g/mol. The lowest BCUT2D eigenvalue weighted by molar-refractivity contribution is 0.0742. The van der Waals surface area contributed by atoms with Crippen molar-refractivity contribution in [1.29, 1.82) is 0 Å². The van der Waals surface area contributed by atoms with Crippen molar-refractivity contribution in [3.05, 3.63) is 130 Å². The third-order valence-electron chi connectivity index (χ3n) is 7.18. The fourth-order valence-electron chi connectivity index (χ4n) is 4.95. The molecule has 9 heteroatoms. The van der Waals surface area contributed by atoms with E-state index in [2.05, 4.69) is 10.2 Å². The maximum absolute atomic E-state index is 13.8. The number of carbonyl (C=O) groups excluding carboxylic acids is 3. The van der Waals surface area contributed by atoms with E-state index < -0.39 is 5.82 Å². The van der Waals surface area contributed by atoms with E-state index in [1.807, 2.05) is 36.4 Å². The zero-order valence-electron chi connectivity index (χ0n) is 23.1. The molecule has 42 heavy (non-hydrogen) atoms. The standard InChI is InChI=1S/C33H30ClFN4O3/c1-37(22-23-6-3-2-4-7-23)33(42)29-21-28(36-31(40)24-10-12-26(34)13-11-24)14-15-30(29)38-16-18-39(19-17-38)32(41)25-8-5-9-27(35)20-25/h2-15,20-21H,16-19,22H2,1H3,(H,36,40). The van der Waals surface area contributed by atoms with Gasteiger partial charge in [-0.05, 0) is 66.2 Å². The van der Waals surface area contributed by atoms with Crippen molar-refractivity contribution in [2.24, 2.45) is 0 Å². The number of halogens is 2. The number of nitrogens with zero attached hydrogens (tertiary/aromatic N) is 3. The van der Waals surface area contributed by atoms with E-state index >= 15 is 0 Å². The fourth-order valence-corrected chi connectivity index (χ4v) is 5.08. The smallest absolute Gasteiger partial charge is 0.256 e. The second-order valence-electron chi connectivity index (χ2n) is 10.1. The summed E-state index contributed by atoms with van der Waals surface area (Å²) in [5.74, 6) is -1.20. The summed E-state index contributed by atoms with van der Waals surface area (Å²) < 4.78 is 13.7. The van der Waals surface area contributed by atoms with E-state index in [0.29, 0.717) is 65.8 Å². The van der Waals surface area contributed by atoms with E-state index in [1.165, 1.54) is 18.2 Å². The van der Waals surface area contributed by atoms with Gasteiger partial charge in [0.2, 0.25) is 0 Å². The number of amides is 3. The van der Waals surface area contributed by atoms with Crippen LogP contribution in [0.1, 0.15) is 36.6 Å². The topological polar surface area (TPSA) is 73.0 Å². The number of hydrogen-bond donors (Lipinski definition) is 1. The largest absolute Gasteiger partial charge is 0.367 e. The first-order valence-electron chi connectivity index (χ1n) is 13.6. The average molecular weight is 585 g/mol. The molecule has 214 valence electrons. The van der Waals surface area contributed by atoms with Crippen LogP contribution in [0, 0.1) is 5.82 Å². The number of rotatable bonds is 7. The van der Waals surface area contributed by atoms with Crippen molar-refractivity contribution in [1.82, 2.24) is 9.80 Å². The van der Waals surface area contributed by atoms with E-state index in [9.17, 15) is 18.8 Å². The summed E-state index contributed by atoms with van der Waals surface area (Å²) in [5.41, 5.74) is 3.37. The highest BCUT2D eigenvalue weighted by Gasteiger charge is 2.26. The van der Waals surface area contributed by atoms with Gasteiger partial charge in [0.1, 0.15) is 5.82 Å². The Bertz CT molecular complexity index is 1590. The van der Waals surface area contributed by atoms with Crippen molar-refractivity contribution in [3.8, 4) is 0 Å². The maximum Gasteiger partial charge on any atom is 0.256 e. The van der Waals surface area contributed by atoms with Gasteiger partial charge in [-0.15, -0.1) is 0 Å². The number of hydrogen-bond acceptors (Lipinski definition) is 4. The minimum absolute atomic E-state index is 0.199. The molecule has 1 fully saturated rings. The molecule has 0 aromatic heterocycles. The molecule has 1 saturated heterocycles. The van der Waals surface area contributed by atoms with Gasteiger partial charge in [0.25, 0.3) is 17.7 Å². The zero-order chi connectivity index (χ0) is 29.6. The summed E-state index contributed by atoms with van der Waals surface area (Å²) in [6, 6.07) is 27.2. The molecule has 0 atom stereocenters. The van der Waals surface area contributed by atoms with E-state index in [1.54, 1.807) is 59.3 Å². The summed E-state index contributed by atoms with van der Waals surface area (Å²) in [6.45, 7) is 2.21. The van der Waals surface area contributed by atoms with Crippen LogP contribution < -0.4 is 10.2 Å². The highest BCUT2D eigenvalue weighted by atomic mass is 35.5. The molecule has 0 spiro atoms. The monoisotopic (exact) mass is 584 g/mol. The number of anilines is 2. The Hall–Kier alpha value is -4.69. The van der Waals surface area contributed by atoms with Crippen LogP contribution >= 0.6 is 11.6 Å². The SMILES string of the molecule is CN(Cc1ccccc1)C(=O)c1cc(NC(=O)c2ccc(Cl)cc2)ccc1N1CCN(C(=O)c2cccc(F)c2)CC1. The van der Waals surface area contributed by atoms with E-state index in [4.69, 9.17) is 11.6 Å². The van der Waals surface area contributed by atoms with Crippen LogP contribution in [0.25, 0.3) is 0 Å². The van der Waals surface area contributed by atoms with E-state index in [-0.39, 0.29) is 17.7 Å². The van der Waals surface area contributed by atoms with Crippen molar-refractivity contribution >= 4 is 40.7 Å². The molecular formula is C33H30ClFN4O3. The Morgan fingerprint density at radius 2 is 1.55 bits per heavy atom. The first-order valence-corrected chi connectivity index (χ1v) is 14.0. The second kappa shape index (κ2) is 12.9. The third-order valence-corrected chi connectivity index (χ3v) is 7.43. The van der Waals surface area contributed by atoms with Crippen molar-refractivity contribution in [3.63, 3.8) is 0 Å². The summed E-state index contributed by atoms with van der Waals surface area (Å²) in [6.07, 6.45) is 0. The summed E-state index contributed by atoms with van der Waals surface area (Å²) in [7, 11) is 1.74. The van der Waals surface area contributed by atoms with Crippen LogP contribution in [0.2, 0.25) is 5.02 Å². The number of carbonyl (C=O) groups is 3. The van der Waals surface area contributed by atoms with Gasteiger partial charge in [-0.25, -0.2) is 4.39 Å². The van der Waals surface area contributed by atoms with Crippen molar-refractivity contribution < 1.29 is 18.8 Å². The van der Waals surface area contributed by atoms with Gasteiger partial charge in [0.15, 0.2) is 0 Å². The van der Waals surface area contributed by atoms with Gasteiger partial charge in [-0.1, -0.05) is 48.0 Å². The Morgan fingerprint density at radius 1 is 0.833 bits per heavy atom. The number of piperazine rings is 1. The molecule has 1 N–H and O–H groups in total. The van der Waals surface area contributed by atoms with Crippen LogP contribution in [0.5, 0.6) is 0 Å². The Kier molecular flexibility index (Phi) is 8.83. The zero-order valence-corrected chi connectivity index (χ0v) is 23.9. The molecule has 1 aliphatic rings. The molecule has 0 bridgehead atoms. The Labute approximate surface area is 249 Å². The average Bonchev–Trinajstić information content (AvgIpc) is 3.01. The fraction of sp³-hybridized carbons (Fsp3) is 0.182. The molecule has 0 radical (unpaired) electrons. The third kappa shape index (κ3) is 6.78. The predicted molar refractivity (Wildman–Crippen MR) is 163 cm³/mol. The van der Waals surface area contributed by atoms with E-state index in [0.717, 1.165) is 5.56 Å². The van der Waals surface area contributed by atoms with Crippen molar-refractivity contribution in [2.75, 3.05) is 43.4 Å². The Morgan fingerprint density at radius 3 is 2.24 bits per heavy atom. The van der Waals surface area contributed by atoms with Gasteiger partial charge in [0.05, 0.1) is 5.56 Å². The molecule has 5 rings (SSSR count). The molecule has 0 unspecified atom stereocenters. The van der Waals surface area contributed by atoms with Crippen LogP contribution in [-0.4, -0.2) is 60.7 Å². The molecule has 1 aliphatic heterocycles. The lowest BCUT2D eigenvalue weighted by Gasteiger charge is -2.37. The predicted octanol–water partition coefficient (Wildman–Crippen LogP) is 5.97. The number of nitrogens with one attached hydrogen (secondary N) is 1. The Balaban J connectivity index is 1.37. The molecule has 3 amide bonds. The van der Waals surface area contributed by atoms with Crippen LogP contribution in [0.4, 0.5) is 15.8 Å². The quantitative estimate of drug-likeness (QED) is 0.291.